The molecule has 1 amide bonds. The molecule has 2 aromatic rings. The van der Waals surface area contributed by atoms with Gasteiger partial charge in [0.2, 0.25) is 0 Å². The van der Waals surface area contributed by atoms with Crippen LogP contribution in [0.3, 0.4) is 0 Å². The number of hydrogen-bond donors (Lipinski definition) is 0. The number of nitrogens with zero attached hydrogens (tertiary/aromatic N) is 2. The van der Waals surface area contributed by atoms with Crippen LogP contribution in [-0.4, -0.2) is 41.9 Å². The molecule has 1 saturated heterocycles. The normalized spacial score (nSPS) is 17.3. The van der Waals surface area contributed by atoms with Gasteiger partial charge < -0.3 is 18.9 Å². The second-order valence-electron chi connectivity index (χ2n) is 5.30. The van der Waals surface area contributed by atoms with Crippen molar-refractivity contribution in [2.45, 2.75) is 5.37 Å². The van der Waals surface area contributed by atoms with Gasteiger partial charge in [0.25, 0.3) is 5.91 Å². The van der Waals surface area contributed by atoms with E-state index in [-0.39, 0.29) is 11.3 Å². The number of rotatable bonds is 4. The second-order valence-corrected chi connectivity index (χ2v) is 6.49. The molecule has 0 bridgehead atoms. The van der Waals surface area contributed by atoms with E-state index in [0.717, 1.165) is 11.4 Å². The van der Waals surface area contributed by atoms with Gasteiger partial charge in [0.15, 0.2) is 0 Å². The van der Waals surface area contributed by atoms with Crippen molar-refractivity contribution in [2.75, 3.05) is 26.5 Å². The van der Waals surface area contributed by atoms with Gasteiger partial charge in [-0.1, -0.05) is 6.07 Å². The molecule has 3 rings (SSSR count). The highest BCUT2D eigenvalue weighted by Gasteiger charge is 2.35. The Labute approximate surface area is 140 Å². The van der Waals surface area contributed by atoms with Gasteiger partial charge >= 0.3 is 0 Å². The zero-order valence-corrected chi connectivity index (χ0v) is 14.3. The molecule has 1 atom stereocenters. The molecular formula is C17H20N2O3S. The fraction of sp³-hybridized carbons (Fsp3) is 0.353. The highest BCUT2D eigenvalue weighted by Crippen LogP contribution is 2.41. The van der Waals surface area contributed by atoms with Gasteiger partial charge in [0.05, 0.1) is 19.9 Å². The fourth-order valence-electron chi connectivity index (χ4n) is 2.86. The number of thioether (sulfide) groups is 1. The number of methoxy groups -OCH3 is 2. The SMILES string of the molecule is COc1cccc(OC)c1C(=O)N1CCS[C@H]1c1cccn1C. The van der Waals surface area contributed by atoms with Crippen molar-refractivity contribution in [3.63, 3.8) is 0 Å². The standard InChI is InChI=1S/C17H20N2O3S/c1-18-9-5-6-12(18)17-19(10-11-23-17)16(20)15-13(21-2)7-4-8-14(15)22-3/h4-9,17H,10-11H2,1-3H3/t17-/m0/s1. The zero-order chi connectivity index (χ0) is 16.4. The van der Waals surface area contributed by atoms with Gasteiger partial charge in [-0.05, 0) is 24.3 Å². The molecule has 1 fully saturated rings. The van der Waals surface area contributed by atoms with E-state index in [0.29, 0.717) is 23.6 Å². The van der Waals surface area contributed by atoms with Crippen LogP contribution in [0.25, 0.3) is 0 Å². The molecule has 1 aliphatic heterocycles. The quantitative estimate of drug-likeness (QED) is 0.863. The predicted octanol–water partition coefficient (Wildman–Crippen LogP) is 2.93. The largest absolute Gasteiger partial charge is 0.496 e. The summed E-state index contributed by atoms with van der Waals surface area (Å²) in [6.45, 7) is 0.709. The van der Waals surface area contributed by atoms with Crippen molar-refractivity contribution >= 4 is 17.7 Å². The van der Waals surface area contributed by atoms with Crippen LogP contribution in [-0.2, 0) is 7.05 Å². The summed E-state index contributed by atoms with van der Waals surface area (Å²) in [5.74, 6) is 1.93. The van der Waals surface area contributed by atoms with Gasteiger partial charge in [0, 0.05) is 25.5 Å². The van der Waals surface area contributed by atoms with Crippen molar-refractivity contribution in [3.8, 4) is 11.5 Å². The average Bonchev–Trinajstić information content (AvgIpc) is 3.21. The molecule has 0 radical (unpaired) electrons. The minimum atomic E-state index is -0.0597. The Bertz CT molecular complexity index is 691. The summed E-state index contributed by atoms with van der Waals surface area (Å²) in [6.07, 6.45) is 2.00. The van der Waals surface area contributed by atoms with Crippen LogP contribution < -0.4 is 9.47 Å². The van der Waals surface area contributed by atoms with Crippen molar-refractivity contribution < 1.29 is 14.3 Å². The predicted molar refractivity (Wildman–Crippen MR) is 91.2 cm³/mol. The number of carbonyl (C=O) groups excluding carboxylic acids is 1. The molecule has 2 heterocycles. The molecule has 0 spiro atoms. The van der Waals surface area contributed by atoms with Crippen molar-refractivity contribution in [1.82, 2.24) is 9.47 Å². The van der Waals surface area contributed by atoms with Crippen LogP contribution >= 0.6 is 11.8 Å². The number of hydrogen-bond acceptors (Lipinski definition) is 4. The van der Waals surface area contributed by atoms with Gasteiger partial charge in [-0.2, -0.15) is 0 Å². The minimum absolute atomic E-state index is 0.0112. The third-order valence-electron chi connectivity index (χ3n) is 4.03. The third-order valence-corrected chi connectivity index (χ3v) is 5.26. The average molecular weight is 332 g/mol. The monoisotopic (exact) mass is 332 g/mol. The number of carbonyl (C=O) groups is 1. The van der Waals surface area contributed by atoms with Gasteiger partial charge in [0.1, 0.15) is 22.4 Å². The molecule has 0 aliphatic carbocycles. The lowest BCUT2D eigenvalue weighted by Gasteiger charge is -2.26. The van der Waals surface area contributed by atoms with E-state index in [1.165, 1.54) is 0 Å². The Morgan fingerprint density at radius 3 is 2.43 bits per heavy atom. The first-order valence-electron chi connectivity index (χ1n) is 7.42. The Hall–Kier alpha value is -2.08. The summed E-state index contributed by atoms with van der Waals surface area (Å²) in [4.78, 5) is 15.1. The maximum absolute atomic E-state index is 13.2. The smallest absolute Gasteiger partial charge is 0.262 e. The molecule has 0 N–H and O–H groups in total. The third kappa shape index (κ3) is 2.79. The molecule has 0 unspecified atom stereocenters. The highest BCUT2D eigenvalue weighted by molar-refractivity contribution is 7.99. The van der Waals surface area contributed by atoms with Crippen LogP contribution in [0.2, 0.25) is 0 Å². The number of ether oxygens (including phenoxy) is 2. The number of amides is 1. The molecule has 1 aromatic carbocycles. The van der Waals surface area contributed by atoms with E-state index in [9.17, 15) is 4.79 Å². The first kappa shape index (κ1) is 15.8. The van der Waals surface area contributed by atoms with Crippen LogP contribution in [0.4, 0.5) is 0 Å². The maximum atomic E-state index is 13.2. The molecule has 6 heteroatoms. The van der Waals surface area contributed by atoms with Gasteiger partial charge in [-0.25, -0.2) is 0 Å². The summed E-state index contributed by atoms with van der Waals surface area (Å²) < 4.78 is 12.8. The number of aromatic nitrogens is 1. The van der Waals surface area contributed by atoms with Crippen molar-refractivity contribution in [3.05, 3.63) is 47.8 Å². The highest BCUT2D eigenvalue weighted by atomic mass is 32.2. The van der Waals surface area contributed by atoms with Crippen LogP contribution in [0.1, 0.15) is 21.4 Å². The first-order valence-corrected chi connectivity index (χ1v) is 8.47. The zero-order valence-electron chi connectivity index (χ0n) is 13.5. The first-order chi connectivity index (χ1) is 11.2. The Kier molecular flexibility index (Phi) is 4.52. The van der Waals surface area contributed by atoms with E-state index < -0.39 is 0 Å². The molecule has 1 aromatic heterocycles. The summed E-state index contributed by atoms with van der Waals surface area (Å²) in [5.41, 5.74) is 1.61. The molecule has 0 saturated carbocycles. The summed E-state index contributed by atoms with van der Waals surface area (Å²) in [5, 5.41) is 0.0112. The number of benzene rings is 1. The fourth-order valence-corrected chi connectivity index (χ4v) is 4.18. The van der Waals surface area contributed by atoms with E-state index in [4.69, 9.17) is 9.47 Å². The van der Waals surface area contributed by atoms with E-state index >= 15 is 0 Å². The van der Waals surface area contributed by atoms with Crippen LogP contribution in [0.15, 0.2) is 36.5 Å². The van der Waals surface area contributed by atoms with Crippen molar-refractivity contribution in [2.24, 2.45) is 7.05 Å². The molecule has 1 aliphatic rings. The van der Waals surface area contributed by atoms with Crippen molar-refractivity contribution in [1.29, 1.82) is 0 Å². The van der Waals surface area contributed by atoms with Gasteiger partial charge in [-0.15, -0.1) is 11.8 Å². The maximum Gasteiger partial charge on any atom is 0.262 e. The van der Waals surface area contributed by atoms with E-state index in [2.05, 4.69) is 10.6 Å². The lowest BCUT2D eigenvalue weighted by Crippen LogP contribution is -2.31. The Morgan fingerprint density at radius 1 is 1.17 bits per heavy atom. The lowest BCUT2D eigenvalue weighted by atomic mass is 10.1. The molecular weight excluding hydrogens is 312 g/mol. The Balaban J connectivity index is 1.98. The Morgan fingerprint density at radius 2 is 1.87 bits per heavy atom. The minimum Gasteiger partial charge on any atom is -0.496 e. The molecule has 23 heavy (non-hydrogen) atoms. The molecule has 122 valence electrons. The summed E-state index contributed by atoms with van der Waals surface area (Å²) in [6, 6.07) is 9.46. The molecule has 5 nitrogen and oxygen atoms in total. The van der Waals surface area contributed by atoms with Gasteiger partial charge in [-0.3, -0.25) is 4.79 Å². The van der Waals surface area contributed by atoms with Crippen LogP contribution in [0, 0.1) is 0 Å². The second kappa shape index (κ2) is 6.58. The lowest BCUT2D eigenvalue weighted by molar-refractivity contribution is 0.0750. The van der Waals surface area contributed by atoms with E-state index in [1.807, 2.05) is 30.3 Å². The summed E-state index contributed by atoms with van der Waals surface area (Å²) in [7, 11) is 5.14. The summed E-state index contributed by atoms with van der Waals surface area (Å²) >= 11 is 1.77. The van der Waals surface area contributed by atoms with E-state index in [1.54, 1.807) is 38.1 Å². The topological polar surface area (TPSA) is 43.7 Å². The van der Waals surface area contributed by atoms with Crippen LogP contribution in [0.5, 0.6) is 11.5 Å². The number of aryl methyl sites for hydroxylation is 1.